The van der Waals surface area contributed by atoms with Crippen molar-refractivity contribution in [1.29, 1.82) is 0 Å². The molecule has 2 N–H and O–H groups in total. The average Bonchev–Trinajstić information content (AvgIpc) is 2.50. The van der Waals surface area contributed by atoms with Crippen molar-refractivity contribution in [3.05, 3.63) is 17.7 Å². The predicted molar refractivity (Wildman–Crippen MR) is 88.8 cm³/mol. The Morgan fingerprint density at radius 1 is 1.04 bits per heavy atom. The van der Waals surface area contributed by atoms with Gasteiger partial charge in [-0.2, -0.15) is 13.2 Å². The van der Waals surface area contributed by atoms with E-state index in [4.69, 9.17) is 9.47 Å². The van der Waals surface area contributed by atoms with Crippen molar-refractivity contribution in [3.8, 4) is 11.5 Å². The van der Waals surface area contributed by atoms with E-state index in [1.54, 1.807) is 5.32 Å². The Hall–Kier alpha value is -2.45. The highest BCUT2D eigenvalue weighted by atomic mass is 19.4. The molecule has 0 aliphatic heterocycles. The minimum absolute atomic E-state index is 0.0463. The molecule has 0 atom stereocenters. The fourth-order valence-electron chi connectivity index (χ4n) is 1.77. The second kappa shape index (κ2) is 8.77. The van der Waals surface area contributed by atoms with Crippen LogP contribution in [0.15, 0.2) is 12.1 Å². The molecule has 0 unspecified atom stereocenters. The molecule has 0 aliphatic rings. The molecule has 0 heterocycles. The van der Waals surface area contributed by atoms with Gasteiger partial charge < -0.3 is 19.9 Å². The molecule has 0 fully saturated rings. The van der Waals surface area contributed by atoms with Gasteiger partial charge in [0.05, 0.1) is 18.9 Å². The highest BCUT2D eigenvalue weighted by Crippen LogP contribution is 2.35. The summed E-state index contributed by atoms with van der Waals surface area (Å²) in [6, 6.07) is 2.08. The minimum atomic E-state index is -5.12. The van der Waals surface area contributed by atoms with Gasteiger partial charge in [0.25, 0.3) is 0 Å². The number of carbonyl (C=O) groups is 2. The minimum Gasteiger partial charge on any atom is -0.492 e. The van der Waals surface area contributed by atoms with Gasteiger partial charge in [0.1, 0.15) is 17.1 Å². The maximum atomic E-state index is 12.5. The van der Waals surface area contributed by atoms with Crippen LogP contribution in [0, 0.1) is 11.8 Å². The largest absolute Gasteiger partial charge is 0.492 e. The molecule has 0 radical (unpaired) electrons. The molecule has 0 aliphatic carbocycles. The summed E-state index contributed by atoms with van der Waals surface area (Å²) in [5.74, 6) is -3.61. The fraction of sp³-hybridized carbons (Fsp3) is 0.529. The van der Waals surface area contributed by atoms with E-state index < -0.39 is 18.1 Å². The number of nitrogens with one attached hydrogen (secondary N) is 1. The fourth-order valence-corrected chi connectivity index (χ4v) is 1.77. The Bertz CT molecular complexity index is 657. The number of carboxylic acid groups (broad SMARTS) is 1. The van der Waals surface area contributed by atoms with Crippen LogP contribution in [0.4, 0.5) is 18.9 Å². The monoisotopic (exact) mass is 377 g/mol. The van der Waals surface area contributed by atoms with Gasteiger partial charge in [-0.3, -0.25) is 4.79 Å². The van der Waals surface area contributed by atoms with Gasteiger partial charge in [0.2, 0.25) is 0 Å². The Morgan fingerprint density at radius 2 is 1.54 bits per heavy atom. The SMILES string of the molecule is CC(C)COc1cc(OCC(C)C)c(C(=O)O)cc1NC(=O)C(F)(F)F. The summed E-state index contributed by atoms with van der Waals surface area (Å²) in [6.07, 6.45) is -5.12. The Morgan fingerprint density at radius 3 is 1.96 bits per heavy atom. The van der Waals surface area contributed by atoms with E-state index in [1.807, 2.05) is 27.7 Å². The summed E-state index contributed by atoms with van der Waals surface area (Å²) in [5.41, 5.74) is -0.762. The van der Waals surface area contributed by atoms with Gasteiger partial charge in [-0.25, -0.2) is 4.79 Å². The van der Waals surface area contributed by atoms with Crippen LogP contribution in [0.5, 0.6) is 11.5 Å². The third-order valence-corrected chi connectivity index (χ3v) is 2.96. The lowest BCUT2D eigenvalue weighted by Crippen LogP contribution is -2.30. The number of alkyl halides is 3. The summed E-state index contributed by atoms with van der Waals surface area (Å²) in [5, 5.41) is 11.0. The topological polar surface area (TPSA) is 84.9 Å². The number of aromatic carboxylic acids is 1. The van der Waals surface area contributed by atoms with Crippen LogP contribution in [0.3, 0.4) is 0 Å². The van der Waals surface area contributed by atoms with E-state index in [2.05, 4.69) is 0 Å². The molecule has 1 aromatic carbocycles. The molecule has 6 nitrogen and oxygen atoms in total. The maximum Gasteiger partial charge on any atom is 0.471 e. The Balaban J connectivity index is 3.32. The average molecular weight is 377 g/mol. The van der Waals surface area contributed by atoms with Crippen LogP contribution < -0.4 is 14.8 Å². The molecular formula is C17H22F3NO5. The molecular weight excluding hydrogens is 355 g/mol. The zero-order valence-electron chi connectivity index (χ0n) is 14.9. The van der Waals surface area contributed by atoms with Crippen molar-refractivity contribution < 1.29 is 37.3 Å². The van der Waals surface area contributed by atoms with Gasteiger partial charge in [-0.15, -0.1) is 0 Å². The lowest BCUT2D eigenvalue weighted by molar-refractivity contribution is -0.167. The van der Waals surface area contributed by atoms with Gasteiger partial charge in [0, 0.05) is 6.07 Å². The molecule has 1 aromatic rings. The van der Waals surface area contributed by atoms with Crippen molar-refractivity contribution in [2.45, 2.75) is 33.9 Å². The van der Waals surface area contributed by atoms with Crippen molar-refractivity contribution in [3.63, 3.8) is 0 Å². The second-order valence-electron chi connectivity index (χ2n) is 6.51. The third-order valence-electron chi connectivity index (χ3n) is 2.96. The quantitative estimate of drug-likeness (QED) is 0.716. The first-order chi connectivity index (χ1) is 11.9. The van der Waals surface area contributed by atoms with Crippen LogP contribution >= 0.6 is 0 Å². The smallest absolute Gasteiger partial charge is 0.471 e. The first kappa shape index (κ1) is 21.6. The summed E-state index contributed by atoms with van der Waals surface area (Å²) < 4.78 is 48.5. The normalized spacial score (nSPS) is 11.6. The van der Waals surface area contributed by atoms with Crippen molar-refractivity contribution in [2.24, 2.45) is 11.8 Å². The highest BCUT2D eigenvalue weighted by Gasteiger charge is 2.39. The number of anilines is 1. The molecule has 9 heteroatoms. The molecule has 0 saturated carbocycles. The maximum absolute atomic E-state index is 12.5. The predicted octanol–water partition coefficient (Wildman–Crippen LogP) is 3.96. The molecule has 0 aromatic heterocycles. The van der Waals surface area contributed by atoms with Crippen LogP contribution in [0.1, 0.15) is 38.1 Å². The lowest BCUT2D eigenvalue weighted by atomic mass is 10.1. The molecule has 1 amide bonds. The summed E-state index contributed by atoms with van der Waals surface area (Å²) in [4.78, 5) is 22.7. The van der Waals surface area contributed by atoms with E-state index in [9.17, 15) is 27.9 Å². The van der Waals surface area contributed by atoms with Crippen molar-refractivity contribution >= 4 is 17.6 Å². The van der Waals surface area contributed by atoms with Crippen LogP contribution in [-0.2, 0) is 4.79 Å². The second-order valence-corrected chi connectivity index (χ2v) is 6.51. The van der Waals surface area contributed by atoms with E-state index in [-0.39, 0.29) is 47.8 Å². The standard InChI is InChI=1S/C17H22F3NO5/c1-9(2)7-25-13-6-14(26-8-10(3)4)12(5-11(13)15(22)23)21-16(24)17(18,19)20/h5-6,9-10H,7-8H2,1-4H3,(H,21,24)(H,22,23). The number of rotatable bonds is 8. The number of ether oxygens (including phenoxy) is 2. The van der Waals surface area contributed by atoms with E-state index in [0.717, 1.165) is 6.07 Å². The van der Waals surface area contributed by atoms with Gasteiger partial charge in [0.15, 0.2) is 0 Å². The van der Waals surface area contributed by atoms with Crippen LogP contribution in [0.2, 0.25) is 0 Å². The van der Waals surface area contributed by atoms with Crippen molar-refractivity contribution in [2.75, 3.05) is 18.5 Å². The number of carboxylic acids is 1. The molecule has 0 saturated heterocycles. The number of carbonyl (C=O) groups excluding carboxylic acids is 1. The first-order valence-corrected chi connectivity index (χ1v) is 7.96. The van der Waals surface area contributed by atoms with Crippen LogP contribution in [0.25, 0.3) is 0 Å². The summed E-state index contributed by atoms with van der Waals surface area (Å²) in [6.45, 7) is 7.73. The number of hydrogen-bond donors (Lipinski definition) is 2. The summed E-state index contributed by atoms with van der Waals surface area (Å²) >= 11 is 0. The van der Waals surface area contributed by atoms with E-state index >= 15 is 0 Å². The molecule has 146 valence electrons. The number of benzene rings is 1. The molecule has 0 spiro atoms. The van der Waals surface area contributed by atoms with Crippen molar-refractivity contribution in [1.82, 2.24) is 0 Å². The zero-order valence-corrected chi connectivity index (χ0v) is 14.9. The summed E-state index contributed by atoms with van der Waals surface area (Å²) in [7, 11) is 0. The van der Waals surface area contributed by atoms with Gasteiger partial charge in [-0.1, -0.05) is 27.7 Å². The Labute approximate surface area is 149 Å². The molecule has 1 rings (SSSR count). The van der Waals surface area contributed by atoms with Gasteiger partial charge >= 0.3 is 18.1 Å². The van der Waals surface area contributed by atoms with Gasteiger partial charge in [-0.05, 0) is 17.9 Å². The third kappa shape index (κ3) is 6.45. The number of hydrogen-bond acceptors (Lipinski definition) is 4. The lowest BCUT2D eigenvalue weighted by Gasteiger charge is -2.18. The number of amides is 1. The molecule has 26 heavy (non-hydrogen) atoms. The number of halogens is 3. The Kier molecular flexibility index (Phi) is 7.29. The van der Waals surface area contributed by atoms with Crippen LogP contribution in [-0.4, -0.2) is 36.4 Å². The zero-order chi connectivity index (χ0) is 20.1. The van der Waals surface area contributed by atoms with E-state index in [1.165, 1.54) is 6.07 Å². The molecule has 0 bridgehead atoms. The van der Waals surface area contributed by atoms with E-state index in [0.29, 0.717) is 0 Å². The first-order valence-electron chi connectivity index (χ1n) is 7.96. The highest BCUT2D eigenvalue weighted by molar-refractivity contribution is 5.99.